The van der Waals surface area contributed by atoms with Crippen molar-refractivity contribution in [3.8, 4) is 0 Å². The number of anilines is 1. The number of halogens is 6. The molecule has 4 rings (SSSR count). The zero-order valence-corrected chi connectivity index (χ0v) is 19.4. The fraction of sp³-hybridized carbons (Fsp3) is 0.417. The van der Waals surface area contributed by atoms with Gasteiger partial charge < -0.3 is 20.1 Å². The van der Waals surface area contributed by atoms with Gasteiger partial charge in [-0.2, -0.15) is 26.3 Å². The Morgan fingerprint density at radius 3 is 1.89 bits per heavy atom. The number of likely N-dealkylation sites (tertiary alicyclic amines) is 1. The first-order valence-corrected chi connectivity index (χ1v) is 11.4. The molecule has 0 unspecified atom stereocenters. The quantitative estimate of drug-likeness (QED) is 0.603. The molecule has 2 fully saturated rings. The Kier molecular flexibility index (Phi) is 7.38. The molecule has 1 N–H and O–H groups in total. The van der Waals surface area contributed by atoms with Gasteiger partial charge in [0.25, 0.3) is 0 Å². The number of carbonyl (C=O) groups excluding carboxylic acids is 2. The second kappa shape index (κ2) is 10.2. The van der Waals surface area contributed by atoms with Gasteiger partial charge in [0.15, 0.2) is 0 Å². The van der Waals surface area contributed by atoms with Crippen molar-refractivity contribution in [3.05, 3.63) is 64.7 Å². The molecule has 2 saturated heterocycles. The molecule has 0 aromatic heterocycles. The summed E-state index contributed by atoms with van der Waals surface area (Å²) in [7, 11) is 0. The topological polar surface area (TPSA) is 79.0 Å². The van der Waals surface area contributed by atoms with E-state index in [1.54, 1.807) is 12.1 Å². The lowest BCUT2D eigenvalue weighted by Crippen LogP contribution is -2.64. The van der Waals surface area contributed by atoms with E-state index in [9.17, 15) is 41.0 Å². The van der Waals surface area contributed by atoms with E-state index in [1.807, 2.05) is 0 Å². The zero-order chi connectivity index (χ0) is 27.0. The fourth-order valence-electron chi connectivity index (χ4n) is 4.37. The highest BCUT2D eigenvalue weighted by Gasteiger charge is 2.39. The lowest BCUT2D eigenvalue weighted by molar-refractivity contribution is -0.255. The molecular formula is C24H23F6N4O3-. The molecule has 0 aliphatic carbocycles. The van der Waals surface area contributed by atoms with E-state index >= 15 is 0 Å². The fourth-order valence-corrected chi connectivity index (χ4v) is 4.37. The predicted octanol–water partition coefficient (Wildman–Crippen LogP) is 3.12. The Balaban J connectivity index is 1.27. The molecule has 2 aromatic carbocycles. The van der Waals surface area contributed by atoms with Gasteiger partial charge in [0, 0.05) is 57.5 Å². The number of rotatable bonds is 5. The number of nitrogens with zero attached hydrogens (tertiary/aromatic N) is 3. The van der Waals surface area contributed by atoms with Crippen molar-refractivity contribution in [1.29, 1.82) is 0 Å². The van der Waals surface area contributed by atoms with Crippen molar-refractivity contribution >= 4 is 17.7 Å². The Labute approximate surface area is 208 Å². The van der Waals surface area contributed by atoms with Crippen molar-refractivity contribution < 1.29 is 41.0 Å². The minimum atomic E-state index is -5.00. The van der Waals surface area contributed by atoms with Crippen molar-refractivity contribution in [2.75, 3.05) is 44.6 Å². The normalized spacial score (nSPS) is 17.9. The minimum absolute atomic E-state index is 0.0114. The monoisotopic (exact) mass is 529 g/mol. The molecular weight excluding hydrogens is 506 g/mol. The van der Waals surface area contributed by atoms with Gasteiger partial charge in [0.1, 0.15) is 0 Å². The summed E-state index contributed by atoms with van der Waals surface area (Å²) in [6.07, 6.45) is -9.99. The molecule has 0 radical (unpaired) electrons. The van der Waals surface area contributed by atoms with Crippen LogP contribution < -0.4 is 10.4 Å². The van der Waals surface area contributed by atoms with E-state index in [0.29, 0.717) is 31.8 Å². The van der Waals surface area contributed by atoms with Gasteiger partial charge in [0.05, 0.1) is 17.1 Å². The van der Waals surface area contributed by atoms with Crippen molar-refractivity contribution in [2.24, 2.45) is 0 Å². The van der Waals surface area contributed by atoms with Crippen molar-refractivity contribution in [2.45, 2.75) is 24.9 Å². The summed E-state index contributed by atoms with van der Waals surface area (Å²) in [5.41, 5.74) is -2.48. The van der Waals surface area contributed by atoms with Crippen LogP contribution in [0.5, 0.6) is 0 Å². The predicted molar refractivity (Wildman–Crippen MR) is 118 cm³/mol. The number of amides is 2. The van der Waals surface area contributed by atoms with Gasteiger partial charge in [-0.1, -0.05) is 24.3 Å². The molecule has 2 aliphatic heterocycles. The summed E-state index contributed by atoms with van der Waals surface area (Å²) in [6.45, 7) is 4.20. The second-order valence-corrected chi connectivity index (χ2v) is 9.08. The van der Waals surface area contributed by atoms with Crippen LogP contribution in [0.2, 0.25) is 0 Å². The summed E-state index contributed by atoms with van der Waals surface area (Å²) >= 11 is 0. The van der Waals surface area contributed by atoms with Crippen molar-refractivity contribution in [1.82, 2.24) is 14.7 Å². The molecule has 2 heterocycles. The third kappa shape index (κ3) is 6.52. The first-order chi connectivity index (χ1) is 17.3. The molecule has 2 aromatic rings. The number of hydrogen-bond donors (Lipinski definition) is 1. The first kappa shape index (κ1) is 26.7. The van der Waals surface area contributed by atoms with Crippen LogP contribution in [-0.2, 0) is 18.9 Å². The molecule has 13 heteroatoms. The molecule has 37 heavy (non-hydrogen) atoms. The highest BCUT2D eigenvalue weighted by Crippen LogP contribution is 2.37. The van der Waals surface area contributed by atoms with Gasteiger partial charge in [-0.25, -0.2) is 4.79 Å². The summed E-state index contributed by atoms with van der Waals surface area (Å²) < 4.78 is 78.2. The standard InChI is InChI=1S/C24H24F6N4O3/c25-23(26,27)17-9-18(24(28,29)30)11-19(10-17)31-22(37)34-13-20(14-34)33-7-5-32(6-8-33)12-15-1-3-16(4-2-15)21(35)36/h1-4,9-11,20H,5-8,12-14H2,(H,31,37)(H,35,36)/p-1. The zero-order valence-electron chi connectivity index (χ0n) is 19.4. The molecule has 0 spiro atoms. The number of aromatic carboxylic acids is 1. The molecule has 0 atom stereocenters. The third-order valence-corrected chi connectivity index (χ3v) is 6.51. The van der Waals surface area contributed by atoms with Gasteiger partial charge in [0.2, 0.25) is 0 Å². The maximum atomic E-state index is 13.0. The number of hydrogen-bond acceptors (Lipinski definition) is 5. The minimum Gasteiger partial charge on any atom is -0.545 e. The molecule has 200 valence electrons. The van der Waals surface area contributed by atoms with Gasteiger partial charge in [-0.3, -0.25) is 9.80 Å². The number of benzene rings is 2. The summed E-state index contributed by atoms with van der Waals surface area (Å²) in [5, 5.41) is 13.0. The molecule has 0 saturated carbocycles. The van der Waals surface area contributed by atoms with Crippen LogP contribution in [0.15, 0.2) is 42.5 Å². The summed E-state index contributed by atoms with van der Waals surface area (Å²) in [4.78, 5) is 29.0. The Hall–Kier alpha value is -3.32. The van der Waals surface area contributed by atoms with E-state index in [2.05, 4.69) is 15.1 Å². The van der Waals surface area contributed by atoms with Crippen LogP contribution in [0.3, 0.4) is 0 Å². The van der Waals surface area contributed by atoms with Crippen LogP contribution in [0.4, 0.5) is 36.8 Å². The Bertz CT molecular complexity index is 1110. The van der Waals surface area contributed by atoms with Gasteiger partial charge in [-0.05, 0) is 29.3 Å². The Morgan fingerprint density at radius 1 is 0.865 bits per heavy atom. The molecule has 0 bridgehead atoms. The lowest BCUT2D eigenvalue weighted by Gasteiger charge is -2.48. The average Bonchev–Trinajstić information content (AvgIpc) is 2.78. The second-order valence-electron chi connectivity index (χ2n) is 9.08. The maximum Gasteiger partial charge on any atom is 0.416 e. The van der Waals surface area contributed by atoms with E-state index in [-0.39, 0.29) is 17.7 Å². The lowest BCUT2D eigenvalue weighted by atomic mass is 10.1. The number of alkyl halides is 6. The van der Waals surface area contributed by atoms with Crippen LogP contribution in [-0.4, -0.2) is 72.0 Å². The largest absolute Gasteiger partial charge is 0.545 e. The summed E-state index contributed by atoms with van der Waals surface area (Å²) in [5.74, 6) is -1.23. The molecule has 2 amide bonds. The van der Waals surface area contributed by atoms with Crippen LogP contribution in [0, 0.1) is 0 Å². The number of carboxylic acid groups (broad SMARTS) is 1. The number of carboxylic acids is 1. The number of carbonyl (C=O) groups is 2. The SMILES string of the molecule is O=C([O-])c1ccc(CN2CCN(C3CN(C(=O)Nc4cc(C(F)(F)F)cc(C(F)(F)F)c4)C3)CC2)cc1. The van der Waals surface area contributed by atoms with Crippen LogP contribution in [0.25, 0.3) is 0 Å². The van der Waals surface area contributed by atoms with E-state index in [1.165, 1.54) is 17.0 Å². The highest BCUT2D eigenvalue weighted by molar-refractivity contribution is 5.90. The Morgan fingerprint density at radius 2 is 1.41 bits per heavy atom. The molecule has 7 nitrogen and oxygen atoms in total. The number of urea groups is 1. The van der Waals surface area contributed by atoms with Crippen molar-refractivity contribution in [3.63, 3.8) is 0 Å². The number of piperazine rings is 1. The van der Waals surface area contributed by atoms with E-state index in [4.69, 9.17) is 0 Å². The van der Waals surface area contributed by atoms with E-state index in [0.717, 1.165) is 31.7 Å². The third-order valence-electron chi connectivity index (χ3n) is 6.51. The highest BCUT2D eigenvalue weighted by atomic mass is 19.4. The molecule has 2 aliphatic rings. The van der Waals surface area contributed by atoms with Gasteiger partial charge >= 0.3 is 18.4 Å². The smallest absolute Gasteiger partial charge is 0.416 e. The van der Waals surface area contributed by atoms with E-state index < -0.39 is 41.2 Å². The average molecular weight is 529 g/mol. The van der Waals surface area contributed by atoms with Crippen LogP contribution >= 0.6 is 0 Å². The van der Waals surface area contributed by atoms with Gasteiger partial charge in [-0.15, -0.1) is 0 Å². The first-order valence-electron chi connectivity index (χ1n) is 11.4. The number of nitrogens with one attached hydrogen (secondary N) is 1. The summed E-state index contributed by atoms with van der Waals surface area (Å²) in [6, 6.07) is 6.73. The van der Waals surface area contributed by atoms with Crippen LogP contribution in [0.1, 0.15) is 27.0 Å². The maximum absolute atomic E-state index is 13.0.